The van der Waals surface area contributed by atoms with Crippen LogP contribution in [0.5, 0.6) is 17.2 Å². The van der Waals surface area contributed by atoms with E-state index in [1.807, 2.05) is 0 Å². The molecule has 1 aliphatic heterocycles. The highest BCUT2D eigenvalue weighted by Gasteiger charge is 2.49. The van der Waals surface area contributed by atoms with Crippen LogP contribution in [0.15, 0.2) is 48.0 Å². The molecule has 2 aromatic carbocycles. The van der Waals surface area contributed by atoms with Crippen molar-refractivity contribution in [2.45, 2.75) is 13.0 Å². The van der Waals surface area contributed by atoms with Gasteiger partial charge in [0.2, 0.25) is 0 Å². The number of amides is 1. The average Bonchev–Trinajstić information content (AvgIpc) is 3.43. The van der Waals surface area contributed by atoms with Crippen LogP contribution >= 0.6 is 11.3 Å². The van der Waals surface area contributed by atoms with Crippen molar-refractivity contribution in [3.05, 3.63) is 69.7 Å². The third-order valence-corrected chi connectivity index (χ3v) is 7.02. The monoisotopic (exact) mass is 524 g/mol. The Morgan fingerprint density at radius 3 is 2.35 bits per heavy atom. The third kappa shape index (κ3) is 4.49. The number of nitrogens with zero attached hydrogens (tertiary/aromatic N) is 2. The number of rotatable bonds is 7. The van der Waals surface area contributed by atoms with Crippen molar-refractivity contribution in [1.82, 2.24) is 4.98 Å². The van der Waals surface area contributed by atoms with Gasteiger partial charge in [0.15, 0.2) is 5.13 Å². The van der Waals surface area contributed by atoms with Crippen LogP contribution in [-0.4, -0.2) is 56.2 Å². The van der Waals surface area contributed by atoms with Crippen molar-refractivity contribution >= 4 is 39.9 Å². The van der Waals surface area contributed by atoms with E-state index in [0.29, 0.717) is 28.5 Å². The number of hydrogen-bond acceptors (Lipinski definition) is 10. The van der Waals surface area contributed by atoms with E-state index >= 15 is 0 Å². The van der Waals surface area contributed by atoms with Crippen LogP contribution in [0.4, 0.5) is 5.13 Å². The van der Waals surface area contributed by atoms with Gasteiger partial charge in [-0.2, -0.15) is 0 Å². The number of anilines is 1. The molecule has 0 spiro atoms. The maximum Gasteiger partial charge on any atom is 0.350 e. The number of Topliss-reactive ketones (excluding diaryl/α,β-unsaturated/α-hetero) is 1. The smallest absolute Gasteiger partial charge is 0.350 e. The molecule has 10 nitrogen and oxygen atoms in total. The first-order chi connectivity index (χ1) is 17.7. The molecule has 0 saturated carbocycles. The molecule has 1 saturated heterocycles. The standard InChI is InChI=1S/C26H24N2O8S/c1-13-23(25(32)36-5)37-26(27-13)28-20(17-12-16(34-3)9-10-18(17)35-4)19(22(30)24(28)31)21(29)14-7-6-8-15(11-14)33-2/h6-12,20,29H,1-5H3/t20-/m0/s1. The summed E-state index contributed by atoms with van der Waals surface area (Å²) in [5, 5.41) is 11.4. The molecule has 0 aliphatic carbocycles. The number of carbonyl (C=O) groups excluding carboxylic acids is 3. The molecule has 0 bridgehead atoms. The molecule has 11 heteroatoms. The Morgan fingerprint density at radius 2 is 1.70 bits per heavy atom. The second kappa shape index (κ2) is 10.3. The van der Waals surface area contributed by atoms with Gasteiger partial charge in [0.1, 0.15) is 33.9 Å². The van der Waals surface area contributed by atoms with Crippen LogP contribution in [0.2, 0.25) is 0 Å². The molecule has 1 atom stereocenters. The van der Waals surface area contributed by atoms with Gasteiger partial charge < -0.3 is 24.1 Å². The number of ether oxygens (including phenoxy) is 4. The number of methoxy groups -OCH3 is 4. The topological polar surface area (TPSA) is 124 Å². The van der Waals surface area contributed by atoms with Gasteiger partial charge in [0.05, 0.1) is 39.7 Å². The molecule has 0 unspecified atom stereocenters. The zero-order valence-electron chi connectivity index (χ0n) is 20.7. The van der Waals surface area contributed by atoms with Crippen molar-refractivity contribution in [2.75, 3.05) is 33.3 Å². The summed E-state index contributed by atoms with van der Waals surface area (Å²) >= 11 is 0.904. The van der Waals surface area contributed by atoms with E-state index in [2.05, 4.69) is 4.98 Å². The van der Waals surface area contributed by atoms with E-state index in [1.165, 1.54) is 28.4 Å². The minimum absolute atomic E-state index is 0.0829. The van der Waals surface area contributed by atoms with Gasteiger partial charge in [0.25, 0.3) is 5.78 Å². The Kier molecular flexibility index (Phi) is 7.16. The molecule has 1 fully saturated rings. The normalized spacial score (nSPS) is 16.6. The summed E-state index contributed by atoms with van der Waals surface area (Å²) in [6.07, 6.45) is 0. The predicted octanol–water partition coefficient (Wildman–Crippen LogP) is 3.89. The van der Waals surface area contributed by atoms with Crippen molar-refractivity contribution in [3.8, 4) is 17.2 Å². The maximum absolute atomic E-state index is 13.5. The SMILES string of the molecule is COC(=O)c1sc(N2C(=O)C(=O)C(=C(O)c3cccc(OC)c3)[C@@H]2c2cc(OC)ccc2OC)nc1C. The van der Waals surface area contributed by atoms with Gasteiger partial charge in [-0.1, -0.05) is 23.5 Å². The number of aliphatic hydroxyl groups excluding tert-OH is 1. The van der Waals surface area contributed by atoms with Crippen LogP contribution in [0.1, 0.15) is 32.5 Å². The minimum atomic E-state index is -1.15. The zero-order chi connectivity index (χ0) is 26.9. The van der Waals surface area contributed by atoms with E-state index in [9.17, 15) is 19.5 Å². The molecule has 1 aliphatic rings. The number of esters is 1. The number of carbonyl (C=O) groups is 3. The summed E-state index contributed by atoms with van der Waals surface area (Å²) in [6.45, 7) is 1.60. The van der Waals surface area contributed by atoms with Crippen molar-refractivity contribution in [2.24, 2.45) is 0 Å². The number of aliphatic hydroxyl groups is 1. The number of aromatic nitrogens is 1. The summed E-state index contributed by atoms with van der Waals surface area (Å²) in [5.74, 6) is -1.65. The molecule has 37 heavy (non-hydrogen) atoms. The number of hydrogen-bond donors (Lipinski definition) is 1. The van der Waals surface area contributed by atoms with Gasteiger partial charge in [-0.15, -0.1) is 0 Å². The second-order valence-electron chi connectivity index (χ2n) is 7.91. The molecule has 1 N–H and O–H groups in total. The highest BCUT2D eigenvalue weighted by molar-refractivity contribution is 7.17. The lowest BCUT2D eigenvalue weighted by molar-refractivity contribution is -0.132. The number of benzene rings is 2. The summed E-state index contributed by atoms with van der Waals surface area (Å²) < 4.78 is 21.0. The summed E-state index contributed by atoms with van der Waals surface area (Å²) in [4.78, 5) is 44.9. The third-order valence-electron chi connectivity index (χ3n) is 5.88. The highest BCUT2D eigenvalue weighted by atomic mass is 32.1. The lowest BCUT2D eigenvalue weighted by Crippen LogP contribution is -2.29. The highest BCUT2D eigenvalue weighted by Crippen LogP contribution is 2.47. The molecule has 3 aromatic rings. The molecule has 2 heterocycles. The maximum atomic E-state index is 13.5. The summed E-state index contributed by atoms with van der Waals surface area (Å²) in [5.41, 5.74) is 0.794. The lowest BCUT2D eigenvalue weighted by atomic mass is 9.94. The number of ketones is 1. The Balaban J connectivity index is 2.01. The lowest BCUT2D eigenvalue weighted by Gasteiger charge is -2.25. The van der Waals surface area contributed by atoms with E-state index in [4.69, 9.17) is 18.9 Å². The van der Waals surface area contributed by atoms with Gasteiger partial charge in [-0.3, -0.25) is 14.5 Å². The Bertz CT molecular complexity index is 1430. The number of thiazole rings is 1. The fourth-order valence-corrected chi connectivity index (χ4v) is 5.08. The molecular formula is C26H24N2O8S. The average molecular weight is 525 g/mol. The Morgan fingerprint density at radius 1 is 1.00 bits per heavy atom. The van der Waals surface area contributed by atoms with E-state index in [0.717, 1.165) is 16.2 Å². The van der Waals surface area contributed by atoms with E-state index < -0.39 is 29.5 Å². The largest absolute Gasteiger partial charge is 0.507 e. The van der Waals surface area contributed by atoms with Gasteiger partial charge in [-0.25, -0.2) is 9.78 Å². The van der Waals surface area contributed by atoms with Gasteiger partial charge in [-0.05, 0) is 37.3 Å². The first kappa shape index (κ1) is 25.7. The Labute approximate surface area is 216 Å². The second-order valence-corrected chi connectivity index (χ2v) is 8.89. The quantitative estimate of drug-likeness (QED) is 0.212. The first-order valence-electron chi connectivity index (χ1n) is 11.0. The van der Waals surface area contributed by atoms with Crippen molar-refractivity contribution < 1.29 is 38.4 Å². The molecule has 192 valence electrons. The fraction of sp³-hybridized carbons (Fsp3) is 0.231. The van der Waals surface area contributed by atoms with Gasteiger partial charge in [0, 0.05) is 11.1 Å². The minimum Gasteiger partial charge on any atom is -0.507 e. The fourth-order valence-electron chi connectivity index (χ4n) is 4.07. The molecule has 0 radical (unpaired) electrons. The van der Waals surface area contributed by atoms with Crippen molar-refractivity contribution in [1.29, 1.82) is 0 Å². The Hall–Kier alpha value is -4.38. The van der Waals surface area contributed by atoms with Gasteiger partial charge >= 0.3 is 11.9 Å². The summed E-state index contributed by atoms with van der Waals surface area (Å²) in [6, 6.07) is 10.2. The molecule has 1 aromatic heterocycles. The molecule has 4 rings (SSSR count). The first-order valence-corrected chi connectivity index (χ1v) is 11.8. The zero-order valence-corrected chi connectivity index (χ0v) is 21.5. The van der Waals surface area contributed by atoms with Crippen LogP contribution in [0.25, 0.3) is 5.76 Å². The van der Waals surface area contributed by atoms with Crippen LogP contribution in [0, 0.1) is 6.92 Å². The number of aryl methyl sites for hydroxylation is 1. The summed E-state index contributed by atoms with van der Waals surface area (Å²) in [7, 11) is 5.64. The van der Waals surface area contributed by atoms with Crippen LogP contribution in [-0.2, 0) is 14.3 Å². The van der Waals surface area contributed by atoms with Crippen LogP contribution in [0.3, 0.4) is 0 Å². The van der Waals surface area contributed by atoms with E-state index in [1.54, 1.807) is 49.4 Å². The predicted molar refractivity (Wildman–Crippen MR) is 136 cm³/mol. The van der Waals surface area contributed by atoms with E-state index in [-0.39, 0.29) is 21.1 Å². The molecular weight excluding hydrogens is 500 g/mol. The molecule has 1 amide bonds. The van der Waals surface area contributed by atoms with Crippen molar-refractivity contribution in [3.63, 3.8) is 0 Å². The van der Waals surface area contributed by atoms with Crippen LogP contribution < -0.4 is 19.1 Å².